The molecular weight excluding hydrogens is 702 g/mol. The fourth-order valence-electron chi connectivity index (χ4n) is 6.35. The molecule has 0 spiro atoms. The maximum absolute atomic E-state index is 13.5. The van der Waals surface area contributed by atoms with Gasteiger partial charge < -0.3 is 43.2 Å². The number of nitrogens with two attached hydrogens (primary N) is 2. The van der Waals surface area contributed by atoms with Crippen molar-refractivity contribution >= 4 is 35.4 Å². The third-order valence-electron chi connectivity index (χ3n) is 10.0. The van der Waals surface area contributed by atoms with Gasteiger partial charge in [-0.05, 0) is 50.5 Å². The van der Waals surface area contributed by atoms with Crippen LogP contribution in [0.5, 0.6) is 0 Å². The van der Waals surface area contributed by atoms with Crippen LogP contribution in [-0.4, -0.2) is 84.4 Å². The Morgan fingerprint density at radius 3 is 1.56 bits per heavy atom. The van der Waals surface area contributed by atoms with Crippen molar-refractivity contribution < 1.29 is 33.9 Å². The zero-order valence-electron chi connectivity index (χ0n) is 35.0. The van der Waals surface area contributed by atoms with Gasteiger partial charge in [-0.3, -0.25) is 28.8 Å². The molecule has 0 rings (SSSR count). The number of aliphatic hydroxyl groups excluding tert-OH is 1. The van der Waals surface area contributed by atoms with Crippen LogP contribution in [0.4, 0.5) is 0 Å². The number of unbranched alkanes of at least 4 members (excludes halogenated alkanes) is 15. The molecule has 0 aromatic heterocycles. The van der Waals surface area contributed by atoms with Gasteiger partial charge >= 0.3 is 0 Å². The highest BCUT2D eigenvalue weighted by molar-refractivity contribution is 5.95. The van der Waals surface area contributed by atoms with Crippen LogP contribution >= 0.6 is 0 Å². The van der Waals surface area contributed by atoms with Gasteiger partial charge in [0.15, 0.2) is 0 Å². The third-order valence-corrected chi connectivity index (χ3v) is 10.0. The Kier molecular flexibility index (Phi) is 31.0. The van der Waals surface area contributed by atoms with Crippen molar-refractivity contribution in [3.8, 4) is 0 Å². The normalized spacial score (nSPS) is 14.0. The first-order chi connectivity index (χ1) is 26.3. The standard InChI is InChI=1S/C41H79N7O7/c1-6-8-9-10-11-12-13-14-15-16-17-18-19-20-21-25-35(50)46-34(29-49)40(54)47-33(27-30(3)4)39(53)48-37(31(5)7-2)41(55)44-28-36(51)45-32(38(43)52)24-22-23-26-42/h30-34,37,49H,6-29,42H2,1-5H3,(H2,43,52)(H,44,55)(H,45,51)(H,46,50)(H,47,54)(H,48,53)/t31-,32-,33-,34-,37-/m0/s1. The predicted octanol–water partition coefficient (Wildman–Crippen LogP) is 4.00. The first kappa shape index (κ1) is 51.7. The minimum Gasteiger partial charge on any atom is -0.394 e. The SMILES string of the molecule is CCCCCCCCCCCCCCCCCC(=O)N[C@@H](CO)C(=O)N[C@@H](CC(C)C)C(=O)N[C@H](C(=O)NCC(=O)N[C@@H](CCCCN)C(N)=O)[C@@H](C)CC. The van der Waals surface area contributed by atoms with Crippen LogP contribution < -0.4 is 38.1 Å². The van der Waals surface area contributed by atoms with Gasteiger partial charge in [-0.2, -0.15) is 0 Å². The first-order valence-corrected chi connectivity index (χ1v) is 21.4. The van der Waals surface area contributed by atoms with Crippen LogP contribution in [0.15, 0.2) is 0 Å². The molecule has 0 unspecified atom stereocenters. The Labute approximate surface area is 332 Å². The summed E-state index contributed by atoms with van der Waals surface area (Å²) in [6, 6.07) is -4.22. The zero-order chi connectivity index (χ0) is 41.4. The lowest BCUT2D eigenvalue weighted by molar-refractivity contribution is -0.135. The van der Waals surface area contributed by atoms with E-state index < -0.39 is 66.9 Å². The van der Waals surface area contributed by atoms with Gasteiger partial charge in [0.25, 0.3) is 0 Å². The molecule has 0 bridgehead atoms. The number of aliphatic hydroxyl groups is 1. The summed E-state index contributed by atoms with van der Waals surface area (Å²) in [5.74, 6) is -3.92. The van der Waals surface area contributed by atoms with E-state index in [9.17, 15) is 33.9 Å². The molecule has 0 heterocycles. The van der Waals surface area contributed by atoms with E-state index in [4.69, 9.17) is 11.5 Å². The molecule has 6 amide bonds. The summed E-state index contributed by atoms with van der Waals surface area (Å²) in [5.41, 5.74) is 10.9. The van der Waals surface area contributed by atoms with Gasteiger partial charge in [-0.25, -0.2) is 0 Å². The van der Waals surface area contributed by atoms with Crippen molar-refractivity contribution in [2.24, 2.45) is 23.3 Å². The van der Waals surface area contributed by atoms with Crippen molar-refractivity contribution in [2.45, 2.75) is 194 Å². The topological polar surface area (TPSA) is 235 Å². The highest BCUT2D eigenvalue weighted by Crippen LogP contribution is 2.14. The molecule has 55 heavy (non-hydrogen) atoms. The van der Waals surface area contributed by atoms with Crippen molar-refractivity contribution in [1.29, 1.82) is 0 Å². The molecular formula is C41H79N7O7. The highest BCUT2D eigenvalue weighted by Gasteiger charge is 2.32. The molecule has 0 radical (unpaired) electrons. The van der Waals surface area contributed by atoms with E-state index in [0.29, 0.717) is 38.6 Å². The Balaban J connectivity index is 4.90. The second-order valence-corrected chi connectivity index (χ2v) is 15.6. The molecule has 10 N–H and O–H groups in total. The van der Waals surface area contributed by atoms with Crippen molar-refractivity contribution in [3.63, 3.8) is 0 Å². The first-order valence-electron chi connectivity index (χ1n) is 21.4. The van der Waals surface area contributed by atoms with Crippen LogP contribution in [0, 0.1) is 11.8 Å². The molecule has 0 aromatic carbocycles. The molecule has 14 nitrogen and oxygen atoms in total. The molecule has 0 aromatic rings. The average molecular weight is 782 g/mol. The molecule has 5 atom stereocenters. The third kappa shape index (κ3) is 26.3. The van der Waals surface area contributed by atoms with Crippen LogP contribution in [-0.2, 0) is 28.8 Å². The number of nitrogens with one attached hydrogen (secondary N) is 5. The van der Waals surface area contributed by atoms with Gasteiger partial charge in [0.05, 0.1) is 13.2 Å². The summed E-state index contributed by atoms with van der Waals surface area (Å²) in [6.45, 7) is 8.99. The largest absolute Gasteiger partial charge is 0.394 e. The smallest absolute Gasteiger partial charge is 0.245 e. The van der Waals surface area contributed by atoms with Crippen LogP contribution in [0.25, 0.3) is 0 Å². The fraction of sp³-hybridized carbons (Fsp3) is 0.854. The second-order valence-electron chi connectivity index (χ2n) is 15.6. The number of amides is 6. The summed E-state index contributed by atoms with van der Waals surface area (Å²) in [5, 5.41) is 23.0. The number of rotatable bonds is 35. The van der Waals surface area contributed by atoms with Gasteiger partial charge in [0.1, 0.15) is 24.2 Å². The molecule has 0 fully saturated rings. The molecule has 0 aliphatic rings. The van der Waals surface area contributed by atoms with Crippen molar-refractivity contribution in [2.75, 3.05) is 19.7 Å². The maximum atomic E-state index is 13.5. The quantitative estimate of drug-likeness (QED) is 0.0437. The number of hydrogen-bond acceptors (Lipinski definition) is 8. The maximum Gasteiger partial charge on any atom is 0.245 e. The lowest BCUT2D eigenvalue weighted by Crippen LogP contribution is -2.59. The molecule has 14 heteroatoms. The molecule has 0 aliphatic heterocycles. The summed E-state index contributed by atoms with van der Waals surface area (Å²) in [7, 11) is 0. The van der Waals surface area contributed by atoms with Crippen molar-refractivity contribution in [3.05, 3.63) is 0 Å². The lowest BCUT2D eigenvalue weighted by atomic mass is 9.96. The van der Waals surface area contributed by atoms with Crippen LogP contribution in [0.1, 0.15) is 169 Å². The van der Waals surface area contributed by atoms with E-state index in [2.05, 4.69) is 33.5 Å². The molecule has 0 saturated carbocycles. The minimum absolute atomic E-state index is 0.0223. The summed E-state index contributed by atoms with van der Waals surface area (Å²) in [6.07, 6.45) is 20.8. The minimum atomic E-state index is -1.24. The van der Waals surface area contributed by atoms with Gasteiger partial charge in [-0.15, -0.1) is 0 Å². The van der Waals surface area contributed by atoms with E-state index in [-0.39, 0.29) is 30.6 Å². The molecule has 320 valence electrons. The lowest BCUT2D eigenvalue weighted by Gasteiger charge is -2.28. The summed E-state index contributed by atoms with van der Waals surface area (Å²) >= 11 is 0. The van der Waals surface area contributed by atoms with E-state index in [1.165, 1.54) is 70.6 Å². The Hall–Kier alpha value is -3.26. The second kappa shape index (κ2) is 32.9. The number of carbonyl (C=O) groups excluding carboxylic acids is 6. The predicted molar refractivity (Wildman–Crippen MR) is 218 cm³/mol. The van der Waals surface area contributed by atoms with E-state index in [0.717, 1.165) is 19.3 Å². The Bertz CT molecular complexity index is 1090. The van der Waals surface area contributed by atoms with Crippen LogP contribution in [0.2, 0.25) is 0 Å². The number of hydrogen-bond donors (Lipinski definition) is 8. The molecule has 0 aliphatic carbocycles. The van der Waals surface area contributed by atoms with E-state index in [1.807, 2.05) is 20.8 Å². The average Bonchev–Trinajstić information content (AvgIpc) is 3.15. The summed E-state index contributed by atoms with van der Waals surface area (Å²) < 4.78 is 0. The molecule has 0 saturated heterocycles. The Morgan fingerprint density at radius 1 is 0.582 bits per heavy atom. The van der Waals surface area contributed by atoms with E-state index >= 15 is 0 Å². The zero-order valence-corrected chi connectivity index (χ0v) is 35.0. The Morgan fingerprint density at radius 2 is 1.09 bits per heavy atom. The number of carbonyl (C=O) groups is 6. The van der Waals surface area contributed by atoms with E-state index in [1.54, 1.807) is 6.92 Å². The van der Waals surface area contributed by atoms with Gasteiger partial charge in [-0.1, -0.05) is 131 Å². The van der Waals surface area contributed by atoms with Crippen molar-refractivity contribution in [1.82, 2.24) is 26.6 Å². The van der Waals surface area contributed by atoms with Crippen LogP contribution in [0.3, 0.4) is 0 Å². The highest BCUT2D eigenvalue weighted by atomic mass is 16.3. The monoisotopic (exact) mass is 782 g/mol. The fourth-order valence-corrected chi connectivity index (χ4v) is 6.35. The summed E-state index contributed by atoms with van der Waals surface area (Å²) in [4.78, 5) is 76.9. The number of primary amides is 1. The van der Waals surface area contributed by atoms with Gasteiger partial charge in [0, 0.05) is 6.42 Å². The van der Waals surface area contributed by atoms with Gasteiger partial charge in [0.2, 0.25) is 35.4 Å².